The van der Waals surface area contributed by atoms with E-state index in [1.807, 2.05) is 37.4 Å². The number of rotatable bonds is 8. The number of hydrogen-bond acceptors (Lipinski definition) is 4. The van der Waals surface area contributed by atoms with Crippen LogP contribution >= 0.6 is 0 Å². The number of ether oxygens (including phenoxy) is 2. The van der Waals surface area contributed by atoms with Gasteiger partial charge in [-0.2, -0.15) is 0 Å². The summed E-state index contributed by atoms with van der Waals surface area (Å²) in [5.74, 6) is 0.357. The maximum absolute atomic E-state index is 12.5. The fraction of sp³-hybridized carbons (Fsp3) is 0.368. The number of hydrogen-bond donors (Lipinski definition) is 2. The van der Waals surface area contributed by atoms with Crippen LogP contribution in [0.3, 0.4) is 0 Å². The molecule has 0 fully saturated rings. The van der Waals surface area contributed by atoms with E-state index in [1.165, 1.54) is 7.11 Å². The fourth-order valence-corrected chi connectivity index (χ4v) is 2.75. The van der Waals surface area contributed by atoms with Gasteiger partial charge in [0.05, 0.1) is 25.4 Å². The number of nitrogens with one attached hydrogen (secondary N) is 2. The predicted molar refractivity (Wildman–Crippen MR) is 94.5 cm³/mol. The van der Waals surface area contributed by atoms with Gasteiger partial charge in [0.25, 0.3) is 0 Å². The van der Waals surface area contributed by atoms with Gasteiger partial charge in [-0.15, -0.1) is 0 Å². The molecule has 0 aliphatic rings. The molecular formula is C19H25N2O4+. The van der Waals surface area contributed by atoms with E-state index in [4.69, 9.17) is 9.47 Å². The molecule has 1 unspecified atom stereocenters. The Morgan fingerprint density at radius 2 is 1.84 bits per heavy atom. The van der Waals surface area contributed by atoms with Crippen molar-refractivity contribution in [1.82, 2.24) is 4.98 Å². The fourth-order valence-electron chi connectivity index (χ4n) is 2.75. The highest BCUT2D eigenvalue weighted by Crippen LogP contribution is 2.18. The van der Waals surface area contributed by atoms with Crippen molar-refractivity contribution >= 4 is 11.8 Å². The van der Waals surface area contributed by atoms with Crippen molar-refractivity contribution in [3.05, 3.63) is 52.8 Å². The summed E-state index contributed by atoms with van der Waals surface area (Å²) in [6.45, 7) is 5.07. The van der Waals surface area contributed by atoms with Gasteiger partial charge < -0.3 is 19.4 Å². The zero-order chi connectivity index (χ0) is 18.4. The summed E-state index contributed by atoms with van der Waals surface area (Å²) in [5.41, 5.74) is 2.21. The number of carbonyl (C=O) groups excluding carboxylic acids is 2. The number of ketones is 1. The minimum atomic E-state index is -0.428. The molecule has 134 valence electrons. The summed E-state index contributed by atoms with van der Waals surface area (Å²) in [5, 5.41) is 0. The number of methoxy groups -OCH3 is 1. The maximum Gasteiger partial charge on any atom is 0.339 e. The van der Waals surface area contributed by atoms with Gasteiger partial charge in [0.2, 0.25) is 5.78 Å². The first-order valence-electron chi connectivity index (χ1n) is 8.23. The van der Waals surface area contributed by atoms with Crippen LogP contribution in [0.1, 0.15) is 32.1 Å². The van der Waals surface area contributed by atoms with E-state index in [9.17, 15) is 9.59 Å². The first-order valence-corrected chi connectivity index (χ1v) is 8.23. The van der Waals surface area contributed by atoms with Crippen molar-refractivity contribution in [2.75, 3.05) is 33.9 Å². The van der Waals surface area contributed by atoms with E-state index < -0.39 is 5.97 Å². The molecule has 1 aromatic carbocycles. The second-order valence-corrected chi connectivity index (χ2v) is 6.09. The highest BCUT2D eigenvalue weighted by molar-refractivity contribution is 6.01. The quantitative estimate of drug-likeness (QED) is 0.557. The minimum Gasteiger partial charge on any atom is -0.488 e. The van der Waals surface area contributed by atoms with Gasteiger partial charge in [0.1, 0.15) is 25.4 Å². The van der Waals surface area contributed by atoms with Crippen molar-refractivity contribution in [2.24, 2.45) is 0 Å². The van der Waals surface area contributed by atoms with E-state index >= 15 is 0 Å². The molecule has 2 N–H and O–H groups in total. The molecule has 25 heavy (non-hydrogen) atoms. The number of H-pyrrole nitrogens is 1. The summed E-state index contributed by atoms with van der Waals surface area (Å²) >= 11 is 0. The molecule has 0 saturated heterocycles. The molecule has 6 heteroatoms. The first-order chi connectivity index (χ1) is 11.9. The first kappa shape index (κ1) is 18.7. The normalized spacial score (nSPS) is 11.8. The highest BCUT2D eigenvalue weighted by atomic mass is 16.5. The van der Waals surface area contributed by atoms with Gasteiger partial charge in [-0.25, -0.2) is 4.79 Å². The Morgan fingerprint density at radius 3 is 2.48 bits per heavy atom. The van der Waals surface area contributed by atoms with E-state index in [1.54, 1.807) is 13.8 Å². The lowest BCUT2D eigenvalue weighted by Crippen LogP contribution is -3.10. The number of esters is 1. The van der Waals surface area contributed by atoms with E-state index in [0.29, 0.717) is 42.2 Å². The third kappa shape index (κ3) is 4.70. The predicted octanol–water partition coefficient (Wildman–Crippen LogP) is 1.19. The summed E-state index contributed by atoms with van der Waals surface area (Å²) in [6, 6.07) is 9.58. The molecule has 0 amide bonds. The Morgan fingerprint density at radius 1 is 1.16 bits per heavy atom. The minimum absolute atomic E-state index is 0.0343. The summed E-state index contributed by atoms with van der Waals surface area (Å²) in [7, 11) is 3.28. The molecule has 0 spiro atoms. The molecule has 0 radical (unpaired) electrons. The molecule has 1 atom stereocenters. The smallest absolute Gasteiger partial charge is 0.339 e. The van der Waals surface area contributed by atoms with Gasteiger partial charge in [0.15, 0.2) is 0 Å². The zero-order valence-corrected chi connectivity index (χ0v) is 15.1. The second-order valence-electron chi connectivity index (χ2n) is 6.09. The number of carbonyl (C=O) groups is 2. The average Bonchev–Trinajstić information content (AvgIpc) is 2.90. The van der Waals surface area contributed by atoms with E-state index in [2.05, 4.69) is 4.98 Å². The molecule has 2 aromatic rings. The number of aromatic nitrogens is 1. The topological polar surface area (TPSA) is 72.8 Å². The van der Waals surface area contributed by atoms with Gasteiger partial charge in [-0.3, -0.25) is 4.79 Å². The summed E-state index contributed by atoms with van der Waals surface area (Å²) in [6.07, 6.45) is 0. The number of Topliss-reactive ketones (excluding diaryl/α,β-unsaturated/α-hetero) is 1. The van der Waals surface area contributed by atoms with Crippen LogP contribution in [0.5, 0.6) is 5.75 Å². The van der Waals surface area contributed by atoms with Crippen LogP contribution < -0.4 is 9.64 Å². The SMILES string of the molecule is COC(=O)c1c(C)[nH]c(C(=O)C[NH+](C)CCOc2ccccc2)c1C. The zero-order valence-electron chi connectivity index (χ0n) is 15.1. The molecule has 1 aromatic heterocycles. The number of aryl methyl sites for hydroxylation is 1. The van der Waals surface area contributed by atoms with Crippen molar-refractivity contribution in [3.63, 3.8) is 0 Å². The van der Waals surface area contributed by atoms with E-state index in [-0.39, 0.29) is 5.78 Å². The number of quaternary nitrogens is 1. The van der Waals surface area contributed by atoms with Crippen LogP contribution in [-0.4, -0.2) is 50.6 Å². The van der Waals surface area contributed by atoms with Crippen LogP contribution in [0.2, 0.25) is 0 Å². The average molecular weight is 345 g/mol. The third-order valence-corrected chi connectivity index (χ3v) is 4.11. The lowest BCUT2D eigenvalue weighted by atomic mass is 10.1. The number of likely N-dealkylation sites (N-methyl/N-ethyl adjacent to an activating group) is 1. The molecular weight excluding hydrogens is 320 g/mol. The molecule has 0 bridgehead atoms. The molecule has 0 aliphatic heterocycles. The van der Waals surface area contributed by atoms with Crippen LogP contribution in [0.4, 0.5) is 0 Å². The Kier molecular flexibility index (Phi) is 6.36. The highest BCUT2D eigenvalue weighted by Gasteiger charge is 2.24. The number of benzene rings is 1. The molecule has 2 rings (SSSR count). The van der Waals surface area contributed by atoms with Crippen molar-refractivity contribution in [2.45, 2.75) is 13.8 Å². The standard InChI is InChI=1S/C19H24N2O4/c1-13-17(19(23)24-4)14(2)20-18(13)16(22)12-21(3)10-11-25-15-8-6-5-7-9-15/h5-9,20H,10-12H2,1-4H3/p+1. The third-order valence-electron chi connectivity index (χ3n) is 4.11. The Bertz CT molecular complexity index is 737. The Balaban J connectivity index is 1.92. The molecule has 6 nitrogen and oxygen atoms in total. The Hall–Kier alpha value is -2.60. The van der Waals surface area contributed by atoms with Gasteiger partial charge in [-0.05, 0) is 31.5 Å². The molecule has 1 heterocycles. The van der Waals surface area contributed by atoms with Gasteiger partial charge >= 0.3 is 5.97 Å². The lowest BCUT2D eigenvalue weighted by molar-refractivity contribution is -0.870. The largest absolute Gasteiger partial charge is 0.488 e. The van der Waals surface area contributed by atoms with Crippen LogP contribution in [0, 0.1) is 13.8 Å². The monoisotopic (exact) mass is 345 g/mol. The van der Waals surface area contributed by atoms with Gasteiger partial charge in [0, 0.05) is 5.69 Å². The summed E-state index contributed by atoms with van der Waals surface area (Å²) < 4.78 is 10.4. The van der Waals surface area contributed by atoms with Crippen LogP contribution in [0.15, 0.2) is 30.3 Å². The van der Waals surface area contributed by atoms with Crippen molar-refractivity contribution < 1.29 is 24.0 Å². The van der Waals surface area contributed by atoms with Gasteiger partial charge in [-0.1, -0.05) is 18.2 Å². The Labute approximate surface area is 147 Å². The maximum atomic E-state index is 12.5. The van der Waals surface area contributed by atoms with Crippen molar-refractivity contribution in [3.8, 4) is 5.75 Å². The van der Waals surface area contributed by atoms with Crippen molar-refractivity contribution in [1.29, 1.82) is 0 Å². The van der Waals surface area contributed by atoms with Crippen LogP contribution in [0.25, 0.3) is 0 Å². The second kappa shape index (κ2) is 8.48. The summed E-state index contributed by atoms with van der Waals surface area (Å²) in [4.78, 5) is 28.4. The van der Waals surface area contributed by atoms with Crippen LogP contribution in [-0.2, 0) is 4.74 Å². The van der Waals surface area contributed by atoms with E-state index in [0.717, 1.165) is 10.6 Å². The molecule has 0 saturated carbocycles. The molecule has 0 aliphatic carbocycles. The number of para-hydroxylation sites is 1. The number of aromatic amines is 1. The lowest BCUT2D eigenvalue weighted by Gasteiger charge is -2.13.